The highest BCUT2D eigenvalue weighted by Crippen LogP contribution is 2.39. The summed E-state index contributed by atoms with van der Waals surface area (Å²) in [5, 5.41) is 2.40. The second-order valence-corrected chi connectivity index (χ2v) is 14.7. The standard InChI is InChI=1S/C58H41N/c1-3-12-42(13-4-1)44-24-26-45(27-25-44)46-28-34-54(35-29-46)59(55-36-30-47(31-37-55)51-19-9-18-50(40-51)43-14-5-2-6-15-43)56-38-32-48(33-39-56)52-20-10-21-53(41-52)58-23-11-17-49-16-7-8-22-57(49)58/h1-41H/i28D,29D,34D,35D. The summed E-state index contributed by atoms with van der Waals surface area (Å²) in [7, 11) is 0. The first-order valence-electron chi connectivity index (χ1n) is 21.9. The molecular weight excluding hydrogens is 711 g/mol. The van der Waals surface area contributed by atoms with Gasteiger partial charge in [0.15, 0.2) is 0 Å². The molecule has 0 aliphatic heterocycles. The molecule has 0 aliphatic rings. The molecule has 0 saturated heterocycles. The van der Waals surface area contributed by atoms with Gasteiger partial charge in [-0.1, -0.05) is 200 Å². The zero-order valence-corrected chi connectivity index (χ0v) is 32.3. The van der Waals surface area contributed by atoms with Crippen LogP contribution in [0, 0.1) is 0 Å². The van der Waals surface area contributed by atoms with E-state index in [-0.39, 0.29) is 35.4 Å². The fourth-order valence-electron chi connectivity index (χ4n) is 7.89. The molecule has 0 N–H and O–H groups in total. The predicted molar refractivity (Wildman–Crippen MR) is 251 cm³/mol. The Bertz CT molecular complexity index is 3200. The van der Waals surface area contributed by atoms with Crippen molar-refractivity contribution in [3.05, 3.63) is 249 Å². The van der Waals surface area contributed by atoms with E-state index >= 15 is 0 Å². The molecule has 278 valence electrons. The molecule has 0 bridgehead atoms. The average molecular weight is 756 g/mol. The zero-order valence-electron chi connectivity index (χ0n) is 36.3. The van der Waals surface area contributed by atoms with E-state index in [2.05, 4.69) is 127 Å². The minimum Gasteiger partial charge on any atom is -0.311 e. The summed E-state index contributed by atoms with van der Waals surface area (Å²) in [6.45, 7) is 0. The van der Waals surface area contributed by atoms with E-state index < -0.39 is 0 Å². The van der Waals surface area contributed by atoms with Crippen LogP contribution in [-0.2, 0) is 0 Å². The van der Waals surface area contributed by atoms with E-state index in [9.17, 15) is 5.48 Å². The number of hydrogen-bond acceptors (Lipinski definition) is 1. The maximum absolute atomic E-state index is 9.52. The Balaban J connectivity index is 1.05. The van der Waals surface area contributed by atoms with Gasteiger partial charge >= 0.3 is 0 Å². The molecular formula is C58H41N. The van der Waals surface area contributed by atoms with E-state index in [4.69, 9.17) is 0 Å². The lowest BCUT2D eigenvalue weighted by atomic mass is 9.95. The summed E-state index contributed by atoms with van der Waals surface area (Å²) in [5.41, 5.74) is 13.3. The monoisotopic (exact) mass is 755 g/mol. The third kappa shape index (κ3) is 7.46. The Kier molecular flexibility index (Phi) is 8.51. The molecule has 0 saturated carbocycles. The maximum atomic E-state index is 9.52. The molecule has 0 aromatic heterocycles. The van der Waals surface area contributed by atoms with Crippen LogP contribution in [0.1, 0.15) is 5.48 Å². The molecule has 0 heterocycles. The second-order valence-electron chi connectivity index (χ2n) is 14.7. The van der Waals surface area contributed by atoms with Crippen LogP contribution in [0.25, 0.3) is 77.5 Å². The molecule has 0 aliphatic carbocycles. The topological polar surface area (TPSA) is 3.24 Å². The lowest BCUT2D eigenvalue weighted by Crippen LogP contribution is -2.09. The Morgan fingerprint density at radius 1 is 0.254 bits per heavy atom. The SMILES string of the molecule is [2H]c1c([2H])c(N(c2ccc(-c3cccc(-c4ccccc4)c3)cc2)c2ccc(-c3cccc(-c4cccc5ccccc45)c3)cc2)c([2H])c([2H])c1-c1ccc(-c2ccccc2)cc1. The second kappa shape index (κ2) is 16.0. The van der Waals surface area contributed by atoms with E-state index in [0.717, 1.165) is 50.1 Å². The Labute approximate surface area is 352 Å². The van der Waals surface area contributed by atoms with Crippen molar-refractivity contribution in [2.24, 2.45) is 0 Å². The fourth-order valence-corrected chi connectivity index (χ4v) is 7.89. The van der Waals surface area contributed by atoms with E-state index in [1.165, 1.54) is 16.3 Å². The molecule has 10 rings (SSSR count). The minimum absolute atomic E-state index is 0.0975. The molecule has 59 heavy (non-hydrogen) atoms. The van der Waals surface area contributed by atoms with Gasteiger partial charge in [0.2, 0.25) is 0 Å². The number of benzene rings is 10. The van der Waals surface area contributed by atoms with Gasteiger partial charge in [-0.2, -0.15) is 0 Å². The molecule has 1 nitrogen and oxygen atoms in total. The molecule has 0 amide bonds. The number of hydrogen-bond donors (Lipinski definition) is 0. The summed E-state index contributed by atoms with van der Waals surface area (Å²) in [6.07, 6.45) is 0. The number of nitrogens with zero attached hydrogens (tertiary/aromatic N) is 1. The quantitative estimate of drug-likeness (QED) is 0.142. The fraction of sp³-hybridized carbons (Fsp3) is 0. The van der Waals surface area contributed by atoms with Crippen molar-refractivity contribution in [1.29, 1.82) is 0 Å². The van der Waals surface area contributed by atoms with E-state index in [0.29, 0.717) is 16.9 Å². The third-order valence-electron chi connectivity index (χ3n) is 11.0. The molecule has 10 aromatic rings. The first-order valence-corrected chi connectivity index (χ1v) is 19.9. The molecule has 0 radical (unpaired) electrons. The van der Waals surface area contributed by atoms with Crippen LogP contribution in [-0.4, -0.2) is 0 Å². The molecule has 1 heteroatoms. The molecule has 0 atom stereocenters. The molecule has 0 unspecified atom stereocenters. The normalized spacial score (nSPS) is 12.0. The van der Waals surface area contributed by atoms with Crippen molar-refractivity contribution >= 4 is 27.8 Å². The largest absolute Gasteiger partial charge is 0.311 e. The van der Waals surface area contributed by atoms with Gasteiger partial charge in [-0.05, 0) is 126 Å². The van der Waals surface area contributed by atoms with Gasteiger partial charge in [-0.15, -0.1) is 0 Å². The van der Waals surface area contributed by atoms with Crippen LogP contribution >= 0.6 is 0 Å². The summed E-state index contributed by atoms with van der Waals surface area (Å²) in [6, 6.07) is 75.7. The van der Waals surface area contributed by atoms with Crippen molar-refractivity contribution in [2.45, 2.75) is 0 Å². The van der Waals surface area contributed by atoms with Crippen LogP contribution < -0.4 is 4.90 Å². The van der Waals surface area contributed by atoms with Gasteiger partial charge in [0.25, 0.3) is 0 Å². The highest BCUT2D eigenvalue weighted by Gasteiger charge is 2.15. The highest BCUT2D eigenvalue weighted by atomic mass is 15.1. The summed E-state index contributed by atoms with van der Waals surface area (Å²) in [4.78, 5) is 1.85. The van der Waals surface area contributed by atoms with Gasteiger partial charge in [-0.25, -0.2) is 0 Å². The van der Waals surface area contributed by atoms with Gasteiger partial charge in [-0.3, -0.25) is 0 Å². The summed E-state index contributed by atoms with van der Waals surface area (Å²) in [5.74, 6) is 0. The molecule has 10 aromatic carbocycles. The number of fused-ring (bicyclic) bond motifs is 1. The molecule has 0 spiro atoms. The number of anilines is 3. The van der Waals surface area contributed by atoms with Gasteiger partial charge in [0.05, 0.1) is 5.48 Å². The van der Waals surface area contributed by atoms with Crippen molar-refractivity contribution in [2.75, 3.05) is 4.90 Å². The van der Waals surface area contributed by atoms with Gasteiger partial charge in [0.1, 0.15) is 0 Å². The van der Waals surface area contributed by atoms with E-state index in [1.54, 1.807) is 0 Å². The van der Waals surface area contributed by atoms with Crippen molar-refractivity contribution < 1.29 is 5.48 Å². The lowest BCUT2D eigenvalue weighted by molar-refractivity contribution is 1.28. The number of rotatable bonds is 9. The summed E-state index contributed by atoms with van der Waals surface area (Å²) >= 11 is 0. The molecule has 0 fully saturated rings. The lowest BCUT2D eigenvalue weighted by Gasteiger charge is -2.26. The first kappa shape index (κ1) is 31.4. The van der Waals surface area contributed by atoms with Crippen LogP contribution in [0.3, 0.4) is 0 Å². The third-order valence-corrected chi connectivity index (χ3v) is 11.0. The Hall–Kier alpha value is -7.74. The van der Waals surface area contributed by atoms with Gasteiger partial charge in [0, 0.05) is 17.1 Å². The Morgan fingerprint density at radius 2 is 0.627 bits per heavy atom. The van der Waals surface area contributed by atoms with Crippen LogP contribution in [0.5, 0.6) is 0 Å². The first-order chi connectivity index (χ1) is 30.9. The highest BCUT2D eigenvalue weighted by molar-refractivity contribution is 5.97. The van der Waals surface area contributed by atoms with Crippen LogP contribution in [0.4, 0.5) is 17.1 Å². The average Bonchev–Trinajstić information content (AvgIpc) is 3.35. The van der Waals surface area contributed by atoms with E-state index in [1.807, 2.05) is 102 Å². The van der Waals surface area contributed by atoms with Crippen molar-refractivity contribution in [1.82, 2.24) is 0 Å². The predicted octanol–water partition coefficient (Wildman–Crippen LogP) is 16.3. The minimum atomic E-state index is -0.121. The smallest absolute Gasteiger partial charge is 0.0645 e. The van der Waals surface area contributed by atoms with Crippen LogP contribution in [0.15, 0.2) is 249 Å². The summed E-state index contributed by atoms with van der Waals surface area (Å²) < 4.78 is 37.7. The van der Waals surface area contributed by atoms with Gasteiger partial charge < -0.3 is 4.90 Å². The van der Waals surface area contributed by atoms with Crippen LogP contribution in [0.2, 0.25) is 0 Å². The zero-order chi connectivity index (χ0) is 42.9. The maximum Gasteiger partial charge on any atom is 0.0645 e. The van der Waals surface area contributed by atoms with Crippen molar-refractivity contribution in [3.63, 3.8) is 0 Å². The Morgan fingerprint density at radius 3 is 1.20 bits per heavy atom. The van der Waals surface area contributed by atoms with Crippen molar-refractivity contribution in [3.8, 4) is 66.8 Å².